The van der Waals surface area contributed by atoms with Crippen molar-refractivity contribution in [1.82, 2.24) is 25.1 Å². The molecule has 1 aliphatic heterocycles. The fourth-order valence-electron chi connectivity index (χ4n) is 4.01. The van der Waals surface area contributed by atoms with Gasteiger partial charge in [-0.25, -0.2) is 27.3 Å². The van der Waals surface area contributed by atoms with Gasteiger partial charge in [-0.15, -0.1) is 0 Å². The fourth-order valence-corrected chi connectivity index (χ4v) is 4.62. The van der Waals surface area contributed by atoms with Crippen LogP contribution in [-0.4, -0.2) is 59.2 Å². The maximum Gasteiger partial charge on any atom is 0.508 e. The molecule has 1 N–H and O–H groups in total. The van der Waals surface area contributed by atoms with Crippen molar-refractivity contribution in [2.45, 2.75) is 23.6 Å². The highest BCUT2D eigenvalue weighted by atomic mass is 32.2. The van der Waals surface area contributed by atoms with E-state index in [0.717, 1.165) is 6.26 Å². The molecule has 2 atom stereocenters. The van der Waals surface area contributed by atoms with Crippen molar-refractivity contribution >= 4 is 32.8 Å². The van der Waals surface area contributed by atoms with Crippen LogP contribution < -0.4 is 5.32 Å². The van der Waals surface area contributed by atoms with Crippen LogP contribution in [0.15, 0.2) is 66.2 Å². The normalized spacial score (nSPS) is 16.3. The van der Waals surface area contributed by atoms with Crippen LogP contribution in [0.5, 0.6) is 0 Å². The van der Waals surface area contributed by atoms with Crippen LogP contribution in [0, 0.1) is 5.82 Å². The predicted molar refractivity (Wildman–Crippen MR) is 127 cm³/mol. The van der Waals surface area contributed by atoms with Gasteiger partial charge in [0.25, 0.3) is 5.91 Å². The standard InChI is InChI=1S/C24H20FN5O6S/c1-37(33,34)22-8-14(6-7-27-22)20(9-17-13-35-24(32)36-17)29-23(31)19-10-26-12-21-18(19)11-28-30(21)16-4-2-15(25)3-5-16/h2-8,10-12,17,20H,9,13H2,1H3,(H,29,31). The van der Waals surface area contributed by atoms with E-state index in [2.05, 4.69) is 20.4 Å². The van der Waals surface area contributed by atoms with Gasteiger partial charge in [0, 0.05) is 30.5 Å². The Bertz CT molecular complexity index is 1610. The number of aromatic nitrogens is 4. The molecule has 1 fully saturated rings. The van der Waals surface area contributed by atoms with Crippen molar-refractivity contribution in [3.8, 4) is 5.69 Å². The summed E-state index contributed by atoms with van der Waals surface area (Å²) in [5, 5.41) is 7.55. The minimum absolute atomic E-state index is 0.00318. The van der Waals surface area contributed by atoms with E-state index in [1.165, 1.54) is 47.7 Å². The van der Waals surface area contributed by atoms with E-state index < -0.39 is 39.9 Å². The number of pyridine rings is 2. The summed E-state index contributed by atoms with van der Waals surface area (Å²) in [6.45, 7) is -0.00318. The molecule has 1 aliphatic rings. The lowest BCUT2D eigenvalue weighted by Crippen LogP contribution is -2.32. The zero-order valence-corrected chi connectivity index (χ0v) is 20.2. The van der Waals surface area contributed by atoms with E-state index in [-0.39, 0.29) is 23.6 Å². The molecule has 13 heteroatoms. The first kappa shape index (κ1) is 24.3. The molecular weight excluding hydrogens is 505 g/mol. The molecule has 4 aromatic rings. The molecule has 37 heavy (non-hydrogen) atoms. The van der Waals surface area contributed by atoms with Gasteiger partial charge in [0.1, 0.15) is 18.5 Å². The van der Waals surface area contributed by atoms with Gasteiger partial charge >= 0.3 is 6.16 Å². The second kappa shape index (κ2) is 9.58. The summed E-state index contributed by atoms with van der Waals surface area (Å²) < 4.78 is 49.0. The van der Waals surface area contributed by atoms with Crippen LogP contribution in [0.4, 0.5) is 9.18 Å². The number of hydrogen-bond donors (Lipinski definition) is 1. The van der Waals surface area contributed by atoms with Crippen molar-refractivity contribution in [2.24, 2.45) is 0 Å². The number of amides is 1. The van der Waals surface area contributed by atoms with Crippen molar-refractivity contribution in [2.75, 3.05) is 12.9 Å². The molecule has 190 valence electrons. The van der Waals surface area contributed by atoms with Crippen molar-refractivity contribution < 1.29 is 31.9 Å². The number of nitrogens with one attached hydrogen (secondary N) is 1. The molecule has 0 bridgehead atoms. The minimum atomic E-state index is -3.61. The van der Waals surface area contributed by atoms with Gasteiger partial charge in [-0.1, -0.05) is 0 Å². The van der Waals surface area contributed by atoms with Crippen molar-refractivity contribution in [1.29, 1.82) is 0 Å². The average Bonchev–Trinajstić information content (AvgIpc) is 3.49. The van der Waals surface area contributed by atoms with E-state index in [1.54, 1.807) is 18.2 Å². The number of cyclic esters (lactones) is 2. The van der Waals surface area contributed by atoms with Gasteiger partial charge < -0.3 is 14.8 Å². The molecule has 3 aromatic heterocycles. The maximum atomic E-state index is 13.4. The highest BCUT2D eigenvalue weighted by Crippen LogP contribution is 2.26. The third-order valence-electron chi connectivity index (χ3n) is 5.81. The Morgan fingerprint density at radius 3 is 2.70 bits per heavy atom. The Balaban J connectivity index is 1.48. The highest BCUT2D eigenvalue weighted by molar-refractivity contribution is 7.90. The zero-order chi connectivity index (χ0) is 26.2. The SMILES string of the molecule is CS(=O)(=O)c1cc(C(CC2COC(=O)O2)NC(=O)c2cncc3c2cnn3-c2ccc(F)cc2)ccn1. The number of sulfone groups is 1. The molecule has 0 spiro atoms. The van der Waals surface area contributed by atoms with Gasteiger partial charge in [0.15, 0.2) is 14.9 Å². The third kappa shape index (κ3) is 5.11. The van der Waals surface area contributed by atoms with Gasteiger partial charge in [-0.2, -0.15) is 5.10 Å². The number of halogens is 1. The second-order valence-corrected chi connectivity index (χ2v) is 10.4. The maximum absolute atomic E-state index is 13.4. The number of benzene rings is 1. The van der Waals surface area contributed by atoms with Crippen LogP contribution >= 0.6 is 0 Å². The molecule has 0 radical (unpaired) electrons. The smallest absolute Gasteiger partial charge is 0.430 e. The van der Waals surface area contributed by atoms with E-state index in [4.69, 9.17) is 9.47 Å². The lowest BCUT2D eigenvalue weighted by atomic mass is 10.0. The minimum Gasteiger partial charge on any atom is -0.430 e. The largest absolute Gasteiger partial charge is 0.508 e. The van der Waals surface area contributed by atoms with Crippen LogP contribution in [0.2, 0.25) is 0 Å². The third-order valence-corrected chi connectivity index (χ3v) is 6.79. The Morgan fingerprint density at radius 2 is 2.00 bits per heavy atom. The monoisotopic (exact) mass is 525 g/mol. The highest BCUT2D eigenvalue weighted by Gasteiger charge is 2.30. The molecule has 2 unspecified atom stereocenters. The fraction of sp³-hybridized carbons (Fsp3) is 0.208. The van der Waals surface area contributed by atoms with Gasteiger partial charge in [0.2, 0.25) is 0 Å². The topological polar surface area (TPSA) is 142 Å². The first-order chi connectivity index (χ1) is 17.7. The molecule has 11 nitrogen and oxygen atoms in total. The second-order valence-electron chi connectivity index (χ2n) is 8.41. The molecule has 5 rings (SSSR count). The number of carbonyl (C=O) groups excluding carboxylic acids is 2. The van der Waals surface area contributed by atoms with Gasteiger partial charge in [-0.05, 0) is 42.0 Å². The summed E-state index contributed by atoms with van der Waals surface area (Å²) in [6.07, 6.45) is 5.46. The summed E-state index contributed by atoms with van der Waals surface area (Å²) >= 11 is 0. The van der Waals surface area contributed by atoms with Crippen molar-refractivity contribution in [3.63, 3.8) is 0 Å². The van der Waals surface area contributed by atoms with Crippen LogP contribution in [0.3, 0.4) is 0 Å². The Hall–Kier alpha value is -4.39. The van der Waals surface area contributed by atoms with E-state index in [1.807, 2.05) is 0 Å². The number of carbonyl (C=O) groups is 2. The molecular formula is C24H20FN5O6S. The number of rotatable bonds is 7. The van der Waals surface area contributed by atoms with E-state index in [9.17, 15) is 22.4 Å². The van der Waals surface area contributed by atoms with Gasteiger partial charge in [-0.3, -0.25) is 9.78 Å². The molecule has 0 saturated carbocycles. The Kier molecular flexibility index (Phi) is 6.29. The number of hydrogen-bond acceptors (Lipinski definition) is 9. The van der Waals surface area contributed by atoms with E-state index >= 15 is 0 Å². The number of nitrogens with zero attached hydrogens (tertiary/aromatic N) is 4. The summed E-state index contributed by atoms with van der Waals surface area (Å²) in [7, 11) is -3.61. The van der Waals surface area contributed by atoms with Crippen molar-refractivity contribution in [3.05, 3.63) is 78.1 Å². The van der Waals surface area contributed by atoms with Crippen LogP contribution in [0.1, 0.15) is 28.4 Å². The quantitative estimate of drug-likeness (QED) is 0.360. The number of ether oxygens (including phenoxy) is 2. The molecule has 1 aromatic carbocycles. The zero-order valence-electron chi connectivity index (χ0n) is 19.4. The Morgan fingerprint density at radius 1 is 1.22 bits per heavy atom. The summed E-state index contributed by atoms with van der Waals surface area (Å²) in [4.78, 5) is 32.9. The predicted octanol–water partition coefficient (Wildman–Crippen LogP) is 2.75. The first-order valence-corrected chi connectivity index (χ1v) is 13.0. The number of fused-ring (bicyclic) bond motifs is 1. The lowest BCUT2D eigenvalue weighted by molar-refractivity contribution is 0.0912. The summed E-state index contributed by atoms with van der Waals surface area (Å²) in [6, 6.07) is 7.90. The average molecular weight is 526 g/mol. The summed E-state index contributed by atoms with van der Waals surface area (Å²) in [5.41, 5.74) is 1.78. The molecule has 0 aliphatic carbocycles. The first-order valence-electron chi connectivity index (χ1n) is 11.1. The van der Waals surface area contributed by atoms with E-state index in [0.29, 0.717) is 22.2 Å². The molecule has 4 heterocycles. The molecule has 1 saturated heterocycles. The summed E-state index contributed by atoms with van der Waals surface area (Å²) in [5.74, 6) is -0.900. The molecule has 1 amide bonds. The van der Waals surface area contributed by atoms with Crippen LogP contribution in [0.25, 0.3) is 16.6 Å². The van der Waals surface area contributed by atoms with Crippen LogP contribution in [-0.2, 0) is 19.3 Å². The lowest BCUT2D eigenvalue weighted by Gasteiger charge is -2.21. The van der Waals surface area contributed by atoms with Gasteiger partial charge in [0.05, 0.1) is 35.2 Å². The Labute approximate surface area is 210 Å².